The summed E-state index contributed by atoms with van der Waals surface area (Å²) in [6, 6.07) is 0.0798. The van der Waals surface area contributed by atoms with E-state index in [1.54, 1.807) is 4.68 Å². The van der Waals surface area contributed by atoms with E-state index in [0.29, 0.717) is 5.69 Å². The Morgan fingerprint density at radius 3 is 2.38 bits per heavy atom. The SMILES string of the molecule is CC(C)n1nnc(C(=O)C(C)(C)C)c1CO. The van der Waals surface area contributed by atoms with Gasteiger partial charge in [-0.05, 0) is 13.8 Å². The fraction of sp³-hybridized carbons (Fsp3) is 0.727. The summed E-state index contributed by atoms with van der Waals surface area (Å²) in [5.41, 5.74) is 0.264. The number of hydrogen-bond donors (Lipinski definition) is 1. The van der Waals surface area contributed by atoms with Crippen LogP contribution >= 0.6 is 0 Å². The summed E-state index contributed by atoms with van der Waals surface area (Å²) in [6.07, 6.45) is 0. The summed E-state index contributed by atoms with van der Waals surface area (Å²) in [7, 11) is 0. The zero-order valence-corrected chi connectivity index (χ0v) is 10.5. The number of Topliss-reactive ketones (excluding diaryl/α,β-unsaturated/α-hetero) is 1. The molecule has 0 atom stereocenters. The molecule has 0 aliphatic rings. The van der Waals surface area contributed by atoms with Crippen molar-refractivity contribution >= 4 is 5.78 Å². The van der Waals surface area contributed by atoms with Gasteiger partial charge in [0.2, 0.25) is 0 Å². The lowest BCUT2D eigenvalue weighted by molar-refractivity contribution is 0.0849. The van der Waals surface area contributed by atoms with E-state index in [9.17, 15) is 9.90 Å². The van der Waals surface area contributed by atoms with Crippen LogP contribution in [0.3, 0.4) is 0 Å². The number of aliphatic hydroxyl groups excluding tert-OH is 1. The van der Waals surface area contributed by atoms with Crippen molar-refractivity contribution < 1.29 is 9.90 Å². The molecule has 0 spiro atoms. The van der Waals surface area contributed by atoms with Crippen LogP contribution in [0.5, 0.6) is 0 Å². The van der Waals surface area contributed by atoms with E-state index >= 15 is 0 Å². The van der Waals surface area contributed by atoms with Gasteiger partial charge in [-0.2, -0.15) is 0 Å². The van der Waals surface area contributed by atoms with Crippen molar-refractivity contribution in [3.05, 3.63) is 11.4 Å². The van der Waals surface area contributed by atoms with Gasteiger partial charge in [0, 0.05) is 11.5 Å². The molecule has 5 heteroatoms. The van der Waals surface area contributed by atoms with Crippen molar-refractivity contribution in [2.75, 3.05) is 0 Å². The van der Waals surface area contributed by atoms with Crippen molar-refractivity contribution in [3.63, 3.8) is 0 Å². The number of aromatic nitrogens is 3. The van der Waals surface area contributed by atoms with Crippen molar-refractivity contribution in [2.24, 2.45) is 5.41 Å². The first-order valence-electron chi connectivity index (χ1n) is 5.38. The van der Waals surface area contributed by atoms with Crippen molar-refractivity contribution in [1.29, 1.82) is 0 Å². The molecule has 16 heavy (non-hydrogen) atoms. The van der Waals surface area contributed by atoms with Gasteiger partial charge in [0.05, 0.1) is 12.3 Å². The van der Waals surface area contributed by atoms with E-state index in [1.807, 2.05) is 34.6 Å². The monoisotopic (exact) mass is 225 g/mol. The molecular formula is C11H19N3O2. The van der Waals surface area contributed by atoms with Gasteiger partial charge in [-0.25, -0.2) is 4.68 Å². The molecule has 0 saturated heterocycles. The molecular weight excluding hydrogens is 206 g/mol. The minimum Gasteiger partial charge on any atom is -0.390 e. The maximum atomic E-state index is 12.1. The standard InChI is InChI=1S/C11H19N3O2/c1-7(2)14-8(6-15)9(12-13-14)10(16)11(3,4)5/h7,15H,6H2,1-5H3. The van der Waals surface area contributed by atoms with Crippen molar-refractivity contribution in [3.8, 4) is 0 Å². The predicted octanol–water partition coefficient (Wildman–Crippen LogP) is 1.58. The summed E-state index contributed by atoms with van der Waals surface area (Å²) >= 11 is 0. The zero-order chi connectivity index (χ0) is 12.5. The second kappa shape index (κ2) is 4.33. The average molecular weight is 225 g/mol. The molecule has 1 rings (SSSR count). The number of carbonyl (C=O) groups is 1. The van der Waals surface area contributed by atoms with Crippen LogP contribution in [-0.4, -0.2) is 25.9 Å². The highest BCUT2D eigenvalue weighted by Gasteiger charge is 2.29. The third-order valence-electron chi connectivity index (χ3n) is 2.33. The van der Waals surface area contributed by atoms with Gasteiger partial charge < -0.3 is 5.11 Å². The van der Waals surface area contributed by atoms with Gasteiger partial charge in [0.25, 0.3) is 0 Å². The topological polar surface area (TPSA) is 68.0 Å². The van der Waals surface area contributed by atoms with Gasteiger partial charge in [0.1, 0.15) is 0 Å². The van der Waals surface area contributed by atoms with E-state index in [-0.39, 0.29) is 24.1 Å². The Hall–Kier alpha value is -1.23. The highest BCUT2D eigenvalue weighted by molar-refractivity contribution is 5.98. The third-order valence-corrected chi connectivity index (χ3v) is 2.33. The molecule has 0 aliphatic carbocycles. The van der Waals surface area contributed by atoms with Crippen molar-refractivity contribution in [1.82, 2.24) is 15.0 Å². The van der Waals surface area contributed by atoms with Crippen LogP contribution in [0.15, 0.2) is 0 Å². The Morgan fingerprint density at radius 2 is 2.00 bits per heavy atom. The molecule has 0 aromatic carbocycles. The van der Waals surface area contributed by atoms with Crippen LogP contribution in [-0.2, 0) is 6.61 Å². The molecule has 0 saturated carbocycles. The second-order valence-electron chi connectivity index (χ2n) is 5.16. The first-order valence-corrected chi connectivity index (χ1v) is 5.38. The normalized spacial score (nSPS) is 12.2. The Kier molecular flexibility index (Phi) is 3.48. The number of hydrogen-bond acceptors (Lipinski definition) is 4. The largest absolute Gasteiger partial charge is 0.390 e. The van der Waals surface area contributed by atoms with Crippen LogP contribution in [0.1, 0.15) is 56.8 Å². The molecule has 0 radical (unpaired) electrons. The van der Waals surface area contributed by atoms with Crippen molar-refractivity contribution in [2.45, 2.75) is 47.3 Å². The fourth-order valence-corrected chi connectivity index (χ4v) is 1.41. The number of rotatable bonds is 3. The lowest BCUT2D eigenvalue weighted by atomic mass is 9.88. The van der Waals surface area contributed by atoms with Crippen LogP contribution in [0.25, 0.3) is 0 Å². The summed E-state index contributed by atoms with van der Waals surface area (Å²) in [4.78, 5) is 12.1. The number of nitrogens with zero attached hydrogens (tertiary/aromatic N) is 3. The molecule has 1 N–H and O–H groups in total. The van der Waals surface area contributed by atoms with Crippen LogP contribution in [0.4, 0.5) is 0 Å². The molecule has 1 aromatic rings. The Bertz CT molecular complexity index is 388. The predicted molar refractivity (Wildman–Crippen MR) is 60.1 cm³/mol. The van der Waals surface area contributed by atoms with E-state index in [4.69, 9.17) is 0 Å². The minimum atomic E-state index is -0.512. The lowest BCUT2D eigenvalue weighted by Gasteiger charge is -2.15. The average Bonchev–Trinajstić information content (AvgIpc) is 2.57. The molecule has 1 aromatic heterocycles. The Morgan fingerprint density at radius 1 is 1.44 bits per heavy atom. The smallest absolute Gasteiger partial charge is 0.190 e. The van der Waals surface area contributed by atoms with Gasteiger partial charge in [0.15, 0.2) is 11.5 Å². The highest BCUT2D eigenvalue weighted by Crippen LogP contribution is 2.22. The zero-order valence-electron chi connectivity index (χ0n) is 10.5. The second-order valence-corrected chi connectivity index (χ2v) is 5.16. The van der Waals surface area contributed by atoms with Crippen LogP contribution < -0.4 is 0 Å². The number of aliphatic hydroxyl groups is 1. The minimum absolute atomic E-state index is 0.0798. The maximum absolute atomic E-state index is 12.1. The molecule has 0 fully saturated rings. The van der Waals surface area contributed by atoms with Crippen LogP contribution in [0.2, 0.25) is 0 Å². The molecule has 0 aliphatic heterocycles. The quantitative estimate of drug-likeness (QED) is 0.793. The molecule has 0 amide bonds. The summed E-state index contributed by atoms with van der Waals surface area (Å²) in [6.45, 7) is 9.11. The van der Waals surface area contributed by atoms with Gasteiger partial charge in [-0.3, -0.25) is 4.79 Å². The Balaban J connectivity index is 3.21. The summed E-state index contributed by atoms with van der Waals surface area (Å²) < 4.78 is 1.58. The third kappa shape index (κ3) is 2.29. The first kappa shape index (κ1) is 12.8. The maximum Gasteiger partial charge on any atom is 0.190 e. The van der Waals surface area contributed by atoms with Crippen LogP contribution in [0, 0.1) is 5.41 Å². The van der Waals surface area contributed by atoms with Gasteiger partial charge in [-0.15, -0.1) is 5.10 Å². The van der Waals surface area contributed by atoms with Gasteiger partial charge in [-0.1, -0.05) is 26.0 Å². The first-order chi connectivity index (χ1) is 7.29. The molecule has 5 nitrogen and oxygen atoms in total. The number of ketones is 1. The molecule has 0 unspecified atom stereocenters. The fourth-order valence-electron chi connectivity index (χ4n) is 1.41. The highest BCUT2D eigenvalue weighted by atomic mass is 16.3. The van der Waals surface area contributed by atoms with E-state index < -0.39 is 5.41 Å². The molecule has 90 valence electrons. The summed E-state index contributed by atoms with van der Waals surface area (Å²) in [5, 5.41) is 17.1. The van der Waals surface area contributed by atoms with Gasteiger partial charge >= 0.3 is 0 Å². The number of carbonyl (C=O) groups excluding carboxylic acids is 1. The molecule has 0 bridgehead atoms. The summed E-state index contributed by atoms with van der Waals surface area (Å²) in [5.74, 6) is -0.0940. The van der Waals surface area contributed by atoms with E-state index in [1.165, 1.54) is 0 Å². The lowest BCUT2D eigenvalue weighted by Crippen LogP contribution is -2.22. The Labute approximate surface area is 95.5 Å². The molecule has 1 heterocycles. The van der Waals surface area contributed by atoms with E-state index in [2.05, 4.69) is 10.3 Å². The van der Waals surface area contributed by atoms with E-state index in [0.717, 1.165) is 0 Å².